The van der Waals surface area contributed by atoms with Gasteiger partial charge < -0.3 is 4.74 Å². The fourth-order valence-electron chi connectivity index (χ4n) is 1.99. The molecule has 1 saturated heterocycles. The molecule has 0 bridgehead atoms. The van der Waals surface area contributed by atoms with Crippen LogP contribution >= 0.6 is 0 Å². The maximum Gasteiger partial charge on any atom is 0.333 e. The van der Waals surface area contributed by atoms with Crippen LogP contribution in [-0.4, -0.2) is 69.7 Å². The Morgan fingerprint density at radius 2 is 1.84 bits per heavy atom. The molecular weight excluding hydrogens is 268 g/mol. The average Bonchev–Trinajstić information content (AvgIpc) is 2.38. The minimum absolute atomic E-state index is 0.294. The maximum atomic E-state index is 11.4. The molecule has 1 heterocycles. The van der Waals surface area contributed by atoms with Crippen LogP contribution in [0.15, 0.2) is 11.6 Å². The molecule has 0 aliphatic carbocycles. The molecule has 1 aliphatic rings. The molecule has 0 aromatic rings. The van der Waals surface area contributed by atoms with Gasteiger partial charge in [0.2, 0.25) is 10.0 Å². The molecule has 0 aromatic heterocycles. The molecule has 0 aromatic carbocycles. The molecule has 0 amide bonds. The second-order valence-electron chi connectivity index (χ2n) is 4.54. The SMILES string of the molecule is CCC(=CCN1CCN(S(C)(=O)=O)CC1)C(=O)OC. The summed E-state index contributed by atoms with van der Waals surface area (Å²) in [5.41, 5.74) is 0.660. The minimum Gasteiger partial charge on any atom is -0.466 e. The molecule has 0 atom stereocenters. The van der Waals surface area contributed by atoms with Gasteiger partial charge in [0.05, 0.1) is 13.4 Å². The number of carbonyl (C=O) groups is 1. The smallest absolute Gasteiger partial charge is 0.333 e. The lowest BCUT2D eigenvalue weighted by Gasteiger charge is -2.32. The average molecular weight is 290 g/mol. The molecule has 1 rings (SSSR count). The third kappa shape index (κ3) is 4.93. The number of esters is 1. The summed E-state index contributed by atoms with van der Waals surface area (Å²) in [4.78, 5) is 13.5. The van der Waals surface area contributed by atoms with Gasteiger partial charge in [0.25, 0.3) is 0 Å². The molecule has 7 heteroatoms. The zero-order chi connectivity index (χ0) is 14.5. The largest absolute Gasteiger partial charge is 0.466 e. The third-order valence-electron chi connectivity index (χ3n) is 3.22. The third-order valence-corrected chi connectivity index (χ3v) is 4.53. The van der Waals surface area contributed by atoms with Crippen LogP contribution in [0.5, 0.6) is 0 Å². The molecule has 19 heavy (non-hydrogen) atoms. The van der Waals surface area contributed by atoms with E-state index in [1.54, 1.807) is 0 Å². The number of methoxy groups -OCH3 is 1. The highest BCUT2D eigenvalue weighted by Gasteiger charge is 2.22. The van der Waals surface area contributed by atoms with Gasteiger partial charge in [-0.05, 0) is 6.42 Å². The van der Waals surface area contributed by atoms with Crippen LogP contribution in [-0.2, 0) is 19.6 Å². The molecular formula is C12H22N2O4S. The lowest BCUT2D eigenvalue weighted by Crippen LogP contribution is -2.48. The van der Waals surface area contributed by atoms with Crippen molar-refractivity contribution in [1.29, 1.82) is 0 Å². The van der Waals surface area contributed by atoms with Crippen molar-refractivity contribution in [3.8, 4) is 0 Å². The van der Waals surface area contributed by atoms with Crippen molar-refractivity contribution in [2.24, 2.45) is 0 Å². The fourth-order valence-corrected chi connectivity index (χ4v) is 2.81. The Morgan fingerprint density at radius 1 is 1.26 bits per heavy atom. The van der Waals surface area contributed by atoms with Crippen molar-refractivity contribution in [3.63, 3.8) is 0 Å². The van der Waals surface area contributed by atoms with E-state index >= 15 is 0 Å². The van der Waals surface area contributed by atoms with Gasteiger partial charge in [0.1, 0.15) is 0 Å². The van der Waals surface area contributed by atoms with E-state index in [1.165, 1.54) is 17.7 Å². The number of sulfonamides is 1. The van der Waals surface area contributed by atoms with E-state index < -0.39 is 10.0 Å². The summed E-state index contributed by atoms with van der Waals surface area (Å²) in [5, 5.41) is 0. The van der Waals surface area contributed by atoms with Gasteiger partial charge >= 0.3 is 5.97 Å². The summed E-state index contributed by atoms with van der Waals surface area (Å²) >= 11 is 0. The number of piperazine rings is 1. The molecule has 0 unspecified atom stereocenters. The standard InChI is InChI=1S/C12H22N2O4S/c1-4-11(12(15)18-2)5-6-13-7-9-14(10-8-13)19(3,16)17/h5H,4,6-10H2,1-3H3. The number of hydrogen-bond acceptors (Lipinski definition) is 5. The van der Waals surface area contributed by atoms with Gasteiger partial charge in [-0.1, -0.05) is 13.0 Å². The first-order valence-corrected chi connectivity index (χ1v) is 8.18. The van der Waals surface area contributed by atoms with Gasteiger partial charge in [-0.3, -0.25) is 4.90 Å². The van der Waals surface area contributed by atoms with E-state index in [0.717, 1.165) is 0 Å². The molecule has 1 aliphatic heterocycles. The van der Waals surface area contributed by atoms with Crippen LogP contribution in [0.3, 0.4) is 0 Å². The summed E-state index contributed by atoms with van der Waals surface area (Å²) in [6.07, 6.45) is 3.73. The maximum absolute atomic E-state index is 11.4. The van der Waals surface area contributed by atoms with E-state index in [9.17, 15) is 13.2 Å². The van der Waals surface area contributed by atoms with Gasteiger partial charge in [-0.25, -0.2) is 13.2 Å². The number of ether oxygens (including phenoxy) is 1. The second kappa shape index (κ2) is 7.02. The van der Waals surface area contributed by atoms with Gasteiger partial charge in [0.15, 0.2) is 0 Å². The van der Waals surface area contributed by atoms with E-state index in [4.69, 9.17) is 4.74 Å². The quantitative estimate of drug-likeness (QED) is 0.529. The summed E-state index contributed by atoms with van der Waals surface area (Å²) in [6.45, 7) is 4.93. The van der Waals surface area contributed by atoms with Crippen LogP contribution in [0, 0.1) is 0 Å². The highest BCUT2D eigenvalue weighted by Crippen LogP contribution is 2.08. The van der Waals surface area contributed by atoms with E-state index in [-0.39, 0.29) is 5.97 Å². The number of carbonyl (C=O) groups excluding carboxylic acids is 1. The van der Waals surface area contributed by atoms with E-state index in [0.29, 0.717) is 44.7 Å². The van der Waals surface area contributed by atoms with Gasteiger partial charge in [0, 0.05) is 38.3 Å². The Balaban J connectivity index is 2.49. The Bertz CT molecular complexity index is 437. The van der Waals surface area contributed by atoms with Crippen molar-refractivity contribution in [1.82, 2.24) is 9.21 Å². The Hall–Kier alpha value is -0.920. The van der Waals surface area contributed by atoms with Gasteiger partial charge in [-0.2, -0.15) is 4.31 Å². The summed E-state index contributed by atoms with van der Waals surface area (Å²) in [7, 11) is -1.71. The molecule has 6 nitrogen and oxygen atoms in total. The normalized spacial score (nSPS) is 19.4. The van der Waals surface area contributed by atoms with Crippen LogP contribution in [0.25, 0.3) is 0 Å². The molecule has 0 saturated carbocycles. The monoisotopic (exact) mass is 290 g/mol. The predicted molar refractivity (Wildman–Crippen MR) is 73.2 cm³/mol. The Morgan fingerprint density at radius 3 is 2.26 bits per heavy atom. The van der Waals surface area contributed by atoms with Crippen molar-refractivity contribution in [3.05, 3.63) is 11.6 Å². The number of rotatable bonds is 5. The lowest BCUT2D eigenvalue weighted by molar-refractivity contribution is -0.136. The minimum atomic E-state index is -3.09. The molecule has 0 N–H and O–H groups in total. The lowest BCUT2D eigenvalue weighted by atomic mass is 10.2. The highest BCUT2D eigenvalue weighted by molar-refractivity contribution is 7.88. The second-order valence-corrected chi connectivity index (χ2v) is 6.52. The van der Waals surface area contributed by atoms with Crippen molar-refractivity contribution < 1.29 is 17.9 Å². The first kappa shape index (κ1) is 16.1. The molecule has 110 valence electrons. The zero-order valence-electron chi connectivity index (χ0n) is 11.8. The fraction of sp³-hybridized carbons (Fsp3) is 0.750. The van der Waals surface area contributed by atoms with Crippen LogP contribution in [0.1, 0.15) is 13.3 Å². The first-order valence-electron chi connectivity index (χ1n) is 6.33. The van der Waals surface area contributed by atoms with Crippen LogP contribution < -0.4 is 0 Å². The van der Waals surface area contributed by atoms with Crippen molar-refractivity contribution in [2.75, 3.05) is 46.1 Å². The van der Waals surface area contributed by atoms with Gasteiger partial charge in [-0.15, -0.1) is 0 Å². The molecule has 1 fully saturated rings. The van der Waals surface area contributed by atoms with E-state index in [2.05, 4.69) is 4.90 Å². The summed E-state index contributed by atoms with van der Waals surface area (Å²) < 4.78 is 28.9. The summed E-state index contributed by atoms with van der Waals surface area (Å²) in [6, 6.07) is 0. The van der Waals surface area contributed by atoms with Crippen LogP contribution in [0.2, 0.25) is 0 Å². The molecule has 0 radical (unpaired) electrons. The number of nitrogens with zero attached hydrogens (tertiary/aromatic N) is 2. The van der Waals surface area contributed by atoms with E-state index in [1.807, 2.05) is 13.0 Å². The van der Waals surface area contributed by atoms with Crippen LogP contribution in [0.4, 0.5) is 0 Å². The molecule has 0 spiro atoms. The predicted octanol–water partition coefficient (Wildman–Crippen LogP) is 0.0730. The Kier molecular flexibility index (Phi) is 5.96. The highest BCUT2D eigenvalue weighted by atomic mass is 32.2. The summed E-state index contributed by atoms with van der Waals surface area (Å²) in [5.74, 6) is -0.294. The Labute approximate surface area is 115 Å². The van der Waals surface area contributed by atoms with Crippen molar-refractivity contribution >= 4 is 16.0 Å². The topological polar surface area (TPSA) is 66.9 Å². The number of hydrogen-bond donors (Lipinski definition) is 0. The van der Waals surface area contributed by atoms with Crippen molar-refractivity contribution in [2.45, 2.75) is 13.3 Å². The first-order chi connectivity index (χ1) is 8.88. The zero-order valence-corrected chi connectivity index (χ0v) is 12.6.